The molecule has 3 rings (SSSR count). The van der Waals surface area contributed by atoms with Gasteiger partial charge in [-0.3, -0.25) is 10.1 Å². The molecular formula is C12H12N2O2. The fourth-order valence-electron chi connectivity index (χ4n) is 2.69. The number of hydrogen-bond acceptors (Lipinski definition) is 2. The Kier molecular flexibility index (Phi) is 1.80. The maximum Gasteiger partial charge on any atom is 0.322 e. The Bertz CT molecular complexity index is 484. The van der Waals surface area contributed by atoms with Crippen LogP contribution in [0.1, 0.15) is 24.0 Å². The lowest BCUT2D eigenvalue weighted by Gasteiger charge is -2.32. The highest BCUT2D eigenvalue weighted by Gasteiger charge is 2.49. The van der Waals surface area contributed by atoms with Gasteiger partial charge in [0, 0.05) is 0 Å². The number of carbonyl (C=O) groups is 2. The molecule has 1 aromatic rings. The monoisotopic (exact) mass is 216 g/mol. The quantitative estimate of drug-likeness (QED) is 0.637. The van der Waals surface area contributed by atoms with Crippen molar-refractivity contribution in [2.24, 2.45) is 0 Å². The molecule has 0 radical (unpaired) electrons. The number of imide groups is 1. The largest absolute Gasteiger partial charge is 0.322 e. The number of carbonyl (C=O) groups excluding carboxylic acids is 2. The van der Waals surface area contributed by atoms with Crippen LogP contribution in [0.2, 0.25) is 0 Å². The Morgan fingerprint density at radius 1 is 1.19 bits per heavy atom. The molecule has 1 spiro atoms. The Hall–Kier alpha value is -1.84. The summed E-state index contributed by atoms with van der Waals surface area (Å²) in [4.78, 5) is 23.2. The molecule has 4 nitrogen and oxygen atoms in total. The third-order valence-corrected chi connectivity index (χ3v) is 3.42. The van der Waals surface area contributed by atoms with Crippen LogP contribution < -0.4 is 10.6 Å². The maximum atomic E-state index is 11.9. The summed E-state index contributed by atoms with van der Waals surface area (Å²) in [5.74, 6) is -0.218. The van der Waals surface area contributed by atoms with Crippen molar-refractivity contribution < 1.29 is 9.59 Å². The zero-order valence-electron chi connectivity index (χ0n) is 8.75. The molecule has 0 bridgehead atoms. The van der Waals surface area contributed by atoms with Crippen LogP contribution in [0.25, 0.3) is 0 Å². The Morgan fingerprint density at radius 3 is 2.75 bits per heavy atom. The Labute approximate surface area is 93.0 Å². The predicted molar refractivity (Wildman–Crippen MR) is 57.7 cm³/mol. The third-order valence-electron chi connectivity index (χ3n) is 3.42. The average Bonchev–Trinajstić information content (AvgIpc) is 2.55. The van der Waals surface area contributed by atoms with Gasteiger partial charge in [0.05, 0.1) is 0 Å². The lowest BCUT2D eigenvalue weighted by atomic mass is 9.76. The van der Waals surface area contributed by atoms with Gasteiger partial charge in [0.1, 0.15) is 5.54 Å². The number of rotatable bonds is 0. The molecule has 4 heteroatoms. The van der Waals surface area contributed by atoms with Crippen molar-refractivity contribution in [3.05, 3.63) is 35.4 Å². The third kappa shape index (κ3) is 1.10. The molecule has 1 heterocycles. The molecule has 3 amide bonds. The summed E-state index contributed by atoms with van der Waals surface area (Å²) in [5, 5.41) is 5.10. The van der Waals surface area contributed by atoms with Crippen LogP contribution >= 0.6 is 0 Å². The fraction of sp³-hybridized carbons (Fsp3) is 0.333. The van der Waals surface area contributed by atoms with Crippen molar-refractivity contribution >= 4 is 11.9 Å². The number of fused-ring (bicyclic) bond motifs is 2. The van der Waals surface area contributed by atoms with Gasteiger partial charge >= 0.3 is 6.03 Å². The fourth-order valence-corrected chi connectivity index (χ4v) is 2.69. The van der Waals surface area contributed by atoms with Crippen molar-refractivity contribution in [2.75, 3.05) is 0 Å². The average molecular weight is 216 g/mol. The highest BCUT2D eigenvalue weighted by Crippen LogP contribution is 2.37. The van der Waals surface area contributed by atoms with Crippen molar-refractivity contribution in [2.45, 2.75) is 24.8 Å². The first-order chi connectivity index (χ1) is 7.72. The van der Waals surface area contributed by atoms with Crippen molar-refractivity contribution in [1.82, 2.24) is 10.6 Å². The van der Waals surface area contributed by atoms with Crippen LogP contribution in [0.15, 0.2) is 24.3 Å². The topological polar surface area (TPSA) is 58.2 Å². The first-order valence-corrected chi connectivity index (χ1v) is 5.44. The lowest BCUT2D eigenvalue weighted by Crippen LogP contribution is -2.46. The van der Waals surface area contributed by atoms with E-state index in [4.69, 9.17) is 0 Å². The summed E-state index contributed by atoms with van der Waals surface area (Å²) < 4.78 is 0. The van der Waals surface area contributed by atoms with Gasteiger partial charge < -0.3 is 5.32 Å². The van der Waals surface area contributed by atoms with Crippen molar-refractivity contribution in [3.8, 4) is 0 Å². The van der Waals surface area contributed by atoms with Crippen molar-refractivity contribution in [3.63, 3.8) is 0 Å². The second-order valence-corrected chi connectivity index (χ2v) is 4.32. The molecule has 0 aromatic heterocycles. The Balaban J connectivity index is 2.17. The standard InChI is InChI=1S/C12H12N2O2/c15-10-12(14-11(16)13-10)7-3-5-8-4-1-2-6-9(8)12/h1-2,4,6H,3,5,7H2,(H2,13,14,15,16)/t12-/m1/s1. The van der Waals surface area contributed by atoms with E-state index in [0.29, 0.717) is 6.42 Å². The summed E-state index contributed by atoms with van der Waals surface area (Å²) in [5.41, 5.74) is 1.29. The van der Waals surface area contributed by atoms with Crippen LogP contribution in [0.4, 0.5) is 4.79 Å². The SMILES string of the molecule is O=C1NC(=O)[C@]2(CCCc3ccccc32)N1. The molecule has 1 saturated heterocycles. The van der Waals surface area contributed by atoms with Crippen LogP contribution in [-0.4, -0.2) is 11.9 Å². The molecule has 16 heavy (non-hydrogen) atoms. The lowest BCUT2D eigenvalue weighted by molar-refractivity contribution is -0.124. The smallest absolute Gasteiger partial charge is 0.319 e. The van der Waals surface area contributed by atoms with E-state index in [-0.39, 0.29) is 11.9 Å². The highest BCUT2D eigenvalue weighted by molar-refractivity contribution is 6.07. The Morgan fingerprint density at radius 2 is 2.00 bits per heavy atom. The van der Waals surface area contributed by atoms with Crippen LogP contribution in [0.3, 0.4) is 0 Å². The number of hydrogen-bond donors (Lipinski definition) is 2. The number of benzene rings is 1. The van der Waals surface area contributed by atoms with E-state index < -0.39 is 5.54 Å². The predicted octanol–water partition coefficient (Wildman–Crippen LogP) is 1.06. The molecule has 1 aliphatic heterocycles. The second-order valence-electron chi connectivity index (χ2n) is 4.32. The zero-order valence-corrected chi connectivity index (χ0v) is 8.75. The van der Waals surface area contributed by atoms with E-state index in [1.807, 2.05) is 24.3 Å². The molecule has 0 unspecified atom stereocenters. The van der Waals surface area contributed by atoms with Gasteiger partial charge in [-0.05, 0) is 30.4 Å². The van der Waals surface area contributed by atoms with Gasteiger partial charge in [0.15, 0.2) is 0 Å². The van der Waals surface area contributed by atoms with Crippen LogP contribution in [0.5, 0.6) is 0 Å². The van der Waals surface area contributed by atoms with E-state index in [2.05, 4.69) is 10.6 Å². The summed E-state index contributed by atoms with van der Waals surface area (Å²) in [6, 6.07) is 7.44. The van der Waals surface area contributed by atoms with E-state index in [1.165, 1.54) is 0 Å². The minimum Gasteiger partial charge on any atom is -0.319 e. The van der Waals surface area contributed by atoms with Crippen molar-refractivity contribution in [1.29, 1.82) is 0 Å². The first kappa shape index (κ1) is 9.39. The number of nitrogens with one attached hydrogen (secondary N) is 2. The van der Waals surface area contributed by atoms with E-state index in [9.17, 15) is 9.59 Å². The second kappa shape index (κ2) is 3.07. The van der Waals surface area contributed by atoms with Gasteiger partial charge in [-0.1, -0.05) is 24.3 Å². The molecule has 1 aromatic carbocycles. The molecule has 2 N–H and O–H groups in total. The molecular weight excluding hydrogens is 204 g/mol. The van der Waals surface area contributed by atoms with E-state index >= 15 is 0 Å². The summed E-state index contributed by atoms with van der Waals surface area (Å²) >= 11 is 0. The number of amides is 3. The van der Waals surface area contributed by atoms with Gasteiger partial charge in [-0.2, -0.15) is 0 Å². The van der Waals surface area contributed by atoms with Gasteiger partial charge in [-0.25, -0.2) is 4.79 Å². The van der Waals surface area contributed by atoms with Gasteiger partial charge in [0.25, 0.3) is 5.91 Å². The van der Waals surface area contributed by atoms with E-state index in [0.717, 1.165) is 24.0 Å². The van der Waals surface area contributed by atoms with Gasteiger partial charge in [0.2, 0.25) is 0 Å². The minimum atomic E-state index is -0.814. The van der Waals surface area contributed by atoms with Crippen LogP contribution in [-0.2, 0) is 16.8 Å². The molecule has 82 valence electrons. The molecule has 2 aliphatic rings. The van der Waals surface area contributed by atoms with Gasteiger partial charge in [-0.15, -0.1) is 0 Å². The maximum absolute atomic E-state index is 11.9. The molecule has 0 saturated carbocycles. The normalized spacial score (nSPS) is 27.5. The molecule has 1 fully saturated rings. The first-order valence-electron chi connectivity index (χ1n) is 5.44. The molecule has 1 atom stereocenters. The summed E-state index contributed by atoms with van der Waals surface area (Å²) in [6.07, 6.45) is 2.58. The highest BCUT2D eigenvalue weighted by atomic mass is 16.2. The number of urea groups is 1. The summed E-state index contributed by atoms with van der Waals surface area (Å²) in [7, 11) is 0. The van der Waals surface area contributed by atoms with E-state index in [1.54, 1.807) is 0 Å². The zero-order chi connectivity index (χ0) is 11.2. The number of aryl methyl sites for hydroxylation is 1. The summed E-state index contributed by atoms with van der Waals surface area (Å²) in [6.45, 7) is 0. The van der Waals surface area contributed by atoms with Crippen LogP contribution in [0, 0.1) is 0 Å². The minimum absolute atomic E-state index is 0.218. The molecule has 1 aliphatic carbocycles.